The summed E-state index contributed by atoms with van der Waals surface area (Å²) in [6, 6.07) is 13.0. The van der Waals surface area contributed by atoms with Crippen molar-refractivity contribution >= 4 is 40.6 Å². The molecule has 3 rings (SSSR count). The Morgan fingerprint density at radius 1 is 1.19 bits per heavy atom. The summed E-state index contributed by atoms with van der Waals surface area (Å²) >= 11 is 7.08. The van der Waals surface area contributed by atoms with E-state index < -0.39 is 4.92 Å². The van der Waals surface area contributed by atoms with Crippen molar-refractivity contribution in [3.8, 4) is 5.69 Å². The van der Waals surface area contributed by atoms with Crippen LogP contribution >= 0.6 is 23.4 Å². The standard InChI is InChI=1S/C17H13ClN4O3S/c18-12-1-3-13(4-2-12)20-16(23)11-26-17-19-9-10-21(17)14-5-7-15(8-6-14)22(24)25/h1-10H,11H2,(H,20,23). The lowest BCUT2D eigenvalue weighted by atomic mass is 10.3. The normalized spacial score (nSPS) is 10.5. The first kappa shape index (κ1) is 18.0. The highest BCUT2D eigenvalue weighted by Gasteiger charge is 2.11. The van der Waals surface area contributed by atoms with Gasteiger partial charge >= 0.3 is 0 Å². The molecule has 0 fully saturated rings. The van der Waals surface area contributed by atoms with Gasteiger partial charge in [0.25, 0.3) is 5.69 Å². The Balaban J connectivity index is 1.64. The maximum absolute atomic E-state index is 12.1. The number of non-ortho nitro benzene ring substituents is 1. The number of nitro benzene ring substituents is 1. The van der Waals surface area contributed by atoms with Gasteiger partial charge in [0, 0.05) is 40.9 Å². The minimum Gasteiger partial charge on any atom is -0.325 e. The van der Waals surface area contributed by atoms with Crippen LogP contribution in [0.25, 0.3) is 5.69 Å². The second-order valence-electron chi connectivity index (χ2n) is 5.20. The molecule has 0 saturated carbocycles. The molecule has 0 unspecified atom stereocenters. The number of rotatable bonds is 6. The van der Waals surface area contributed by atoms with Gasteiger partial charge in [-0.2, -0.15) is 0 Å². The van der Waals surface area contributed by atoms with E-state index in [1.54, 1.807) is 53.4 Å². The summed E-state index contributed by atoms with van der Waals surface area (Å²) in [6.45, 7) is 0. The van der Waals surface area contributed by atoms with Crippen LogP contribution in [0.4, 0.5) is 11.4 Å². The minimum atomic E-state index is -0.450. The number of carbonyl (C=O) groups is 1. The zero-order chi connectivity index (χ0) is 18.5. The molecule has 2 aromatic carbocycles. The first-order valence-corrected chi connectivity index (χ1v) is 8.86. The Bertz CT molecular complexity index is 926. The van der Waals surface area contributed by atoms with Gasteiger partial charge in [-0.15, -0.1) is 0 Å². The van der Waals surface area contributed by atoms with E-state index in [1.165, 1.54) is 23.9 Å². The first-order valence-electron chi connectivity index (χ1n) is 7.49. The number of nitrogens with zero attached hydrogens (tertiary/aromatic N) is 3. The van der Waals surface area contributed by atoms with Gasteiger partial charge in [0.05, 0.1) is 10.7 Å². The SMILES string of the molecule is O=C(CSc1nccn1-c1ccc([N+](=O)[O-])cc1)Nc1ccc(Cl)cc1. The smallest absolute Gasteiger partial charge is 0.269 e. The molecule has 7 nitrogen and oxygen atoms in total. The maximum Gasteiger partial charge on any atom is 0.269 e. The predicted octanol–water partition coefficient (Wildman–Crippen LogP) is 4.16. The Hall–Kier alpha value is -2.84. The molecule has 0 spiro atoms. The molecule has 1 N–H and O–H groups in total. The third-order valence-electron chi connectivity index (χ3n) is 3.41. The largest absolute Gasteiger partial charge is 0.325 e. The molecule has 26 heavy (non-hydrogen) atoms. The minimum absolute atomic E-state index is 0.0189. The monoisotopic (exact) mass is 388 g/mol. The zero-order valence-electron chi connectivity index (χ0n) is 13.3. The molecule has 0 aliphatic heterocycles. The van der Waals surface area contributed by atoms with Crippen molar-refractivity contribution in [2.45, 2.75) is 5.16 Å². The number of thioether (sulfide) groups is 1. The highest BCUT2D eigenvalue weighted by atomic mass is 35.5. The Morgan fingerprint density at radius 3 is 2.54 bits per heavy atom. The molecule has 1 amide bonds. The number of nitro groups is 1. The molecule has 3 aromatic rings. The van der Waals surface area contributed by atoms with Crippen LogP contribution in [-0.2, 0) is 4.79 Å². The average molecular weight is 389 g/mol. The number of halogens is 1. The first-order chi connectivity index (χ1) is 12.5. The molecule has 0 bridgehead atoms. The number of imidazole rings is 1. The summed E-state index contributed by atoms with van der Waals surface area (Å²) in [5.74, 6) is 0.00247. The number of anilines is 1. The summed E-state index contributed by atoms with van der Waals surface area (Å²) < 4.78 is 1.77. The van der Waals surface area contributed by atoms with Crippen LogP contribution in [-0.4, -0.2) is 26.1 Å². The fourth-order valence-electron chi connectivity index (χ4n) is 2.19. The highest BCUT2D eigenvalue weighted by molar-refractivity contribution is 7.99. The van der Waals surface area contributed by atoms with E-state index in [-0.39, 0.29) is 17.3 Å². The van der Waals surface area contributed by atoms with E-state index in [0.29, 0.717) is 15.9 Å². The molecule has 0 atom stereocenters. The van der Waals surface area contributed by atoms with E-state index in [2.05, 4.69) is 10.3 Å². The summed E-state index contributed by atoms with van der Waals surface area (Å²) in [6.07, 6.45) is 3.35. The summed E-state index contributed by atoms with van der Waals surface area (Å²) in [5.41, 5.74) is 1.41. The van der Waals surface area contributed by atoms with Gasteiger partial charge in [-0.1, -0.05) is 23.4 Å². The van der Waals surface area contributed by atoms with Crippen LogP contribution in [0.3, 0.4) is 0 Å². The van der Waals surface area contributed by atoms with Crippen LogP contribution < -0.4 is 5.32 Å². The van der Waals surface area contributed by atoms with Crippen LogP contribution in [0.15, 0.2) is 66.1 Å². The molecular formula is C17H13ClN4O3S. The van der Waals surface area contributed by atoms with E-state index in [0.717, 1.165) is 5.69 Å². The quantitative estimate of drug-likeness (QED) is 0.389. The van der Waals surface area contributed by atoms with Crippen LogP contribution in [0.2, 0.25) is 5.02 Å². The Labute approximate surface area is 158 Å². The summed E-state index contributed by atoms with van der Waals surface area (Å²) in [4.78, 5) is 26.6. The second kappa shape index (κ2) is 8.03. The highest BCUT2D eigenvalue weighted by Crippen LogP contribution is 2.22. The molecule has 0 aliphatic carbocycles. The number of hydrogen-bond donors (Lipinski definition) is 1. The van der Waals surface area contributed by atoms with Gasteiger partial charge in [0.1, 0.15) is 0 Å². The fourth-order valence-corrected chi connectivity index (χ4v) is 3.09. The van der Waals surface area contributed by atoms with E-state index in [4.69, 9.17) is 11.6 Å². The molecule has 0 radical (unpaired) electrons. The molecule has 1 heterocycles. The summed E-state index contributed by atoms with van der Waals surface area (Å²) in [7, 11) is 0. The van der Waals surface area contributed by atoms with Crippen molar-refractivity contribution in [3.05, 3.63) is 76.1 Å². The molecule has 0 aliphatic rings. The Kier molecular flexibility index (Phi) is 5.55. The van der Waals surface area contributed by atoms with Gasteiger partial charge in [0.15, 0.2) is 5.16 Å². The third-order valence-corrected chi connectivity index (χ3v) is 4.62. The fraction of sp³-hybridized carbons (Fsp3) is 0.0588. The van der Waals surface area contributed by atoms with E-state index >= 15 is 0 Å². The average Bonchev–Trinajstić information content (AvgIpc) is 3.10. The topological polar surface area (TPSA) is 90.1 Å². The molecule has 9 heteroatoms. The number of amides is 1. The number of benzene rings is 2. The maximum atomic E-state index is 12.1. The second-order valence-corrected chi connectivity index (χ2v) is 6.58. The molecule has 132 valence electrons. The van der Waals surface area contributed by atoms with Crippen molar-refractivity contribution in [1.82, 2.24) is 9.55 Å². The number of nitrogens with one attached hydrogen (secondary N) is 1. The number of aromatic nitrogens is 2. The van der Waals surface area contributed by atoms with E-state index in [9.17, 15) is 14.9 Å². The van der Waals surface area contributed by atoms with Crippen molar-refractivity contribution in [2.75, 3.05) is 11.1 Å². The molecular weight excluding hydrogens is 376 g/mol. The van der Waals surface area contributed by atoms with Gasteiger partial charge in [-0.05, 0) is 36.4 Å². The van der Waals surface area contributed by atoms with Gasteiger partial charge in [-0.25, -0.2) is 4.98 Å². The van der Waals surface area contributed by atoms with Crippen LogP contribution in [0.5, 0.6) is 0 Å². The van der Waals surface area contributed by atoms with Gasteiger partial charge < -0.3 is 5.32 Å². The lowest BCUT2D eigenvalue weighted by molar-refractivity contribution is -0.384. The van der Waals surface area contributed by atoms with Crippen molar-refractivity contribution in [1.29, 1.82) is 0 Å². The molecule has 0 saturated heterocycles. The molecule has 1 aromatic heterocycles. The van der Waals surface area contributed by atoms with Gasteiger partial charge in [0.2, 0.25) is 5.91 Å². The van der Waals surface area contributed by atoms with Crippen LogP contribution in [0.1, 0.15) is 0 Å². The number of carbonyl (C=O) groups excluding carboxylic acids is 1. The summed E-state index contributed by atoms with van der Waals surface area (Å²) in [5, 5.41) is 14.7. The lowest BCUT2D eigenvalue weighted by Gasteiger charge is -2.08. The van der Waals surface area contributed by atoms with Crippen LogP contribution in [0, 0.1) is 10.1 Å². The van der Waals surface area contributed by atoms with Crippen molar-refractivity contribution in [2.24, 2.45) is 0 Å². The zero-order valence-corrected chi connectivity index (χ0v) is 14.9. The third kappa shape index (κ3) is 4.41. The van der Waals surface area contributed by atoms with Crippen molar-refractivity contribution in [3.63, 3.8) is 0 Å². The lowest BCUT2D eigenvalue weighted by Crippen LogP contribution is -2.14. The van der Waals surface area contributed by atoms with E-state index in [1.807, 2.05) is 0 Å². The predicted molar refractivity (Wildman–Crippen MR) is 101 cm³/mol. The number of hydrogen-bond acceptors (Lipinski definition) is 5. The van der Waals surface area contributed by atoms with Gasteiger partial charge in [-0.3, -0.25) is 19.5 Å². The Morgan fingerprint density at radius 2 is 1.88 bits per heavy atom. The van der Waals surface area contributed by atoms with Crippen molar-refractivity contribution < 1.29 is 9.72 Å².